The van der Waals surface area contributed by atoms with Gasteiger partial charge in [0.2, 0.25) is 0 Å². The molecule has 0 radical (unpaired) electrons. The topological polar surface area (TPSA) is 50.4 Å². The molecule has 5 aliphatic rings. The number of fused-ring (bicyclic) bond motifs is 1. The maximum atomic E-state index is 12.9. The van der Waals surface area contributed by atoms with Crippen LogP contribution in [0.1, 0.15) is 31.7 Å². The maximum Gasteiger partial charge on any atom is 0.311 e. The number of hydrogen-bond donors (Lipinski definition) is 2. The summed E-state index contributed by atoms with van der Waals surface area (Å²) in [5.41, 5.74) is 2.56. The minimum Gasteiger partial charge on any atom is -0.469 e. The van der Waals surface area contributed by atoms with Crippen LogP contribution in [0.15, 0.2) is 36.5 Å². The van der Waals surface area contributed by atoms with Crippen LogP contribution in [0.5, 0.6) is 0 Å². The van der Waals surface area contributed by atoms with Crippen molar-refractivity contribution in [3.05, 3.63) is 42.1 Å². The highest BCUT2D eigenvalue weighted by atomic mass is 16.5. The van der Waals surface area contributed by atoms with E-state index in [2.05, 4.69) is 54.1 Å². The highest BCUT2D eigenvalue weighted by Gasteiger charge is 2.85. The summed E-state index contributed by atoms with van der Waals surface area (Å²) in [6.45, 7) is 2.37. The SMILES string of the molecule is COC(=O)[C@H]1C[C@]23C=CN[C@@H]4CC[C@@]5(c6ccccc6N[C@]15[C@H]2C)[C@H]43. The van der Waals surface area contributed by atoms with Gasteiger partial charge in [-0.1, -0.05) is 31.2 Å². The molecule has 6 rings (SSSR count). The van der Waals surface area contributed by atoms with Gasteiger partial charge in [-0.3, -0.25) is 4.79 Å². The maximum absolute atomic E-state index is 12.9. The fourth-order valence-corrected chi connectivity index (χ4v) is 8.13. The lowest BCUT2D eigenvalue weighted by atomic mass is 9.55. The Morgan fingerprint density at radius 1 is 1.32 bits per heavy atom. The van der Waals surface area contributed by atoms with E-state index in [4.69, 9.17) is 4.74 Å². The normalized spacial score (nSPS) is 49.8. The Kier molecular flexibility index (Phi) is 2.31. The predicted octanol–water partition coefficient (Wildman–Crippen LogP) is 2.81. The molecule has 3 fully saturated rings. The molecule has 4 nitrogen and oxygen atoms in total. The van der Waals surface area contributed by atoms with Gasteiger partial charge in [-0.2, -0.15) is 0 Å². The molecule has 2 bridgehead atoms. The lowest BCUT2D eigenvalue weighted by Gasteiger charge is -2.50. The van der Waals surface area contributed by atoms with Crippen molar-refractivity contribution in [3.63, 3.8) is 0 Å². The number of carbonyl (C=O) groups excluding carboxylic acids is 1. The van der Waals surface area contributed by atoms with Gasteiger partial charge in [0.25, 0.3) is 0 Å². The number of ether oxygens (including phenoxy) is 1. The molecule has 2 N–H and O–H groups in total. The monoisotopic (exact) mass is 336 g/mol. The van der Waals surface area contributed by atoms with Crippen LogP contribution in [-0.2, 0) is 14.9 Å². The van der Waals surface area contributed by atoms with E-state index in [0.717, 1.165) is 12.8 Å². The molecule has 3 saturated carbocycles. The number of allylic oxidation sites excluding steroid dienone is 1. The van der Waals surface area contributed by atoms with Gasteiger partial charge in [-0.05, 0) is 43.0 Å². The van der Waals surface area contributed by atoms with Gasteiger partial charge in [0, 0.05) is 28.5 Å². The number of hydrogen-bond acceptors (Lipinski definition) is 4. The van der Waals surface area contributed by atoms with Crippen LogP contribution >= 0.6 is 0 Å². The summed E-state index contributed by atoms with van der Waals surface area (Å²) in [6, 6.07) is 9.27. The molecular weight excluding hydrogens is 312 g/mol. The zero-order valence-corrected chi connectivity index (χ0v) is 14.7. The summed E-state index contributed by atoms with van der Waals surface area (Å²) in [4.78, 5) is 12.9. The van der Waals surface area contributed by atoms with Crippen LogP contribution in [0, 0.1) is 23.2 Å². The molecule has 0 amide bonds. The van der Waals surface area contributed by atoms with Gasteiger partial charge in [-0.25, -0.2) is 0 Å². The first-order valence-electron chi connectivity index (χ1n) is 9.51. The van der Waals surface area contributed by atoms with Crippen LogP contribution in [0.4, 0.5) is 5.69 Å². The molecule has 1 aromatic rings. The van der Waals surface area contributed by atoms with E-state index < -0.39 is 0 Å². The third kappa shape index (κ3) is 1.17. The highest BCUT2D eigenvalue weighted by molar-refractivity contribution is 5.82. The van der Waals surface area contributed by atoms with Gasteiger partial charge < -0.3 is 15.4 Å². The summed E-state index contributed by atoms with van der Waals surface area (Å²) in [7, 11) is 1.54. The van der Waals surface area contributed by atoms with Gasteiger partial charge in [0.1, 0.15) is 0 Å². The molecule has 3 spiro atoms. The van der Waals surface area contributed by atoms with Crippen molar-refractivity contribution in [2.75, 3.05) is 12.4 Å². The number of carbonyl (C=O) groups is 1. The highest BCUT2D eigenvalue weighted by Crippen LogP contribution is 2.81. The molecule has 0 unspecified atom stereocenters. The van der Waals surface area contributed by atoms with E-state index in [0.29, 0.717) is 17.9 Å². The lowest BCUT2D eigenvalue weighted by molar-refractivity contribution is -0.149. The van der Waals surface area contributed by atoms with E-state index in [9.17, 15) is 4.79 Å². The fourth-order valence-electron chi connectivity index (χ4n) is 8.13. The average molecular weight is 336 g/mol. The van der Waals surface area contributed by atoms with Crippen molar-refractivity contribution in [2.24, 2.45) is 23.2 Å². The Morgan fingerprint density at radius 2 is 2.16 bits per heavy atom. The van der Waals surface area contributed by atoms with Gasteiger partial charge in [-0.15, -0.1) is 0 Å². The van der Waals surface area contributed by atoms with Crippen LogP contribution in [0.25, 0.3) is 0 Å². The summed E-state index contributed by atoms with van der Waals surface area (Å²) >= 11 is 0. The van der Waals surface area contributed by atoms with Gasteiger partial charge in [0.15, 0.2) is 0 Å². The summed E-state index contributed by atoms with van der Waals surface area (Å²) in [6.07, 6.45) is 7.77. The molecule has 2 heterocycles. The van der Waals surface area contributed by atoms with Gasteiger partial charge >= 0.3 is 5.97 Å². The zero-order valence-electron chi connectivity index (χ0n) is 14.7. The first-order chi connectivity index (χ1) is 12.1. The van der Waals surface area contributed by atoms with Crippen LogP contribution in [-0.4, -0.2) is 24.7 Å². The molecule has 25 heavy (non-hydrogen) atoms. The molecule has 3 aliphatic carbocycles. The smallest absolute Gasteiger partial charge is 0.311 e. The van der Waals surface area contributed by atoms with Crippen molar-refractivity contribution in [2.45, 2.75) is 43.2 Å². The molecule has 4 heteroatoms. The van der Waals surface area contributed by atoms with Crippen LogP contribution in [0.3, 0.4) is 0 Å². The molecule has 1 aromatic carbocycles. The number of benzene rings is 1. The van der Waals surface area contributed by atoms with Crippen molar-refractivity contribution in [3.8, 4) is 0 Å². The summed E-state index contributed by atoms with van der Waals surface area (Å²) in [5, 5.41) is 7.57. The standard InChI is InChI=1S/C21H24N2O2/c1-12-19-9-10-22-16-7-8-20(17(16)19)13-5-3-4-6-15(13)23-21(12,20)14(11-19)18(24)25-2/h3-6,9-10,12,14,16-17,22-23H,7-8,11H2,1-2H3/t12-,14+,16+,17+,19+,20+,21+/m0/s1. The minimum atomic E-state index is -0.223. The number of para-hydroxylation sites is 1. The first-order valence-corrected chi connectivity index (χ1v) is 9.51. The average Bonchev–Trinajstić information content (AvgIpc) is 3.29. The third-order valence-electron chi connectivity index (χ3n) is 8.64. The largest absolute Gasteiger partial charge is 0.469 e. The molecule has 2 aliphatic heterocycles. The van der Waals surface area contributed by atoms with E-state index >= 15 is 0 Å². The van der Waals surface area contributed by atoms with Gasteiger partial charge in [0.05, 0.1) is 18.6 Å². The number of nitrogens with one attached hydrogen (secondary N) is 2. The number of esters is 1. The van der Waals surface area contributed by atoms with E-state index in [1.165, 1.54) is 24.8 Å². The molecule has 0 saturated heterocycles. The first kappa shape index (κ1) is 14.2. The Balaban J connectivity index is 1.69. The third-order valence-corrected chi connectivity index (χ3v) is 8.64. The molecule has 0 aromatic heterocycles. The van der Waals surface area contributed by atoms with E-state index in [-0.39, 0.29) is 28.3 Å². The fraction of sp³-hybridized carbons (Fsp3) is 0.571. The number of rotatable bonds is 1. The Morgan fingerprint density at radius 3 is 3.00 bits per heavy atom. The zero-order chi connectivity index (χ0) is 17.0. The Bertz CT molecular complexity index is 835. The second-order valence-electron chi connectivity index (χ2n) is 8.75. The van der Waals surface area contributed by atoms with E-state index in [1.54, 1.807) is 0 Å². The minimum absolute atomic E-state index is 0.0303. The van der Waals surface area contributed by atoms with Crippen molar-refractivity contribution in [1.82, 2.24) is 5.32 Å². The second-order valence-corrected chi connectivity index (χ2v) is 8.75. The van der Waals surface area contributed by atoms with Crippen molar-refractivity contribution < 1.29 is 9.53 Å². The second kappa shape index (κ2) is 4.05. The van der Waals surface area contributed by atoms with E-state index in [1.807, 2.05) is 0 Å². The predicted molar refractivity (Wildman–Crippen MR) is 95.0 cm³/mol. The lowest BCUT2D eigenvalue weighted by Crippen LogP contribution is -2.61. The summed E-state index contributed by atoms with van der Waals surface area (Å²) < 4.78 is 5.30. The van der Waals surface area contributed by atoms with Crippen LogP contribution < -0.4 is 10.6 Å². The molecule has 130 valence electrons. The number of methoxy groups -OCH3 is 1. The quantitative estimate of drug-likeness (QED) is 0.775. The number of anilines is 1. The van der Waals surface area contributed by atoms with Crippen molar-refractivity contribution in [1.29, 1.82) is 0 Å². The van der Waals surface area contributed by atoms with Crippen molar-refractivity contribution >= 4 is 11.7 Å². The molecular formula is C21H24N2O2. The Hall–Kier alpha value is -1.97. The summed E-state index contributed by atoms with van der Waals surface area (Å²) in [5.74, 6) is 0.828. The van der Waals surface area contributed by atoms with Crippen LogP contribution in [0.2, 0.25) is 0 Å². The Labute approximate surface area is 148 Å². The molecule has 7 atom stereocenters.